The van der Waals surface area contributed by atoms with E-state index in [1.54, 1.807) is 6.92 Å². The number of hydrogen-bond acceptors (Lipinski definition) is 1. The molecular formula is C14H17AsO. The van der Waals surface area contributed by atoms with Crippen LogP contribution in [0.5, 0.6) is 0 Å². The first kappa shape index (κ1) is 13.0. The van der Waals surface area contributed by atoms with E-state index in [1.165, 1.54) is 8.70 Å². The minimum atomic E-state index is -0.108. The van der Waals surface area contributed by atoms with Gasteiger partial charge in [-0.1, -0.05) is 0 Å². The molecule has 0 aromatic heterocycles. The normalized spacial score (nSPS) is 9.12. The van der Waals surface area contributed by atoms with Crippen molar-refractivity contribution in [1.29, 1.82) is 0 Å². The van der Waals surface area contributed by atoms with Gasteiger partial charge in [-0.2, -0.15) is 0 Å². The molecule has 2 heteroatoms. The summed E-state index contributed by atoms with van der Waals surface area (Å²) in [5, 5.41) is 7.57. The second-order valence-corrected chi connectivity index (χ2v) is 6.12. The Morgan fingerprint density at radius 1 is 0.812 bits per heavy atom. The van der Waals surface area contributed by atoms with Crippen LogP contribution in [0.1, 0.15) is 6.92 Å². The molecule has 0 unspecified atom stereocenters. The van der Waals surface area contributed by atoms with Crippen molar-refractivity contribution in [3.05, 3.63) is 60.7 Å². The van der Waals surface area contributed by atoms with E-state index < -0.39 is 0 Å². The quantitative estimate of drug-likeness (QED) is 0.814. The Morgan fingerprint density at radius 3 is 1.44 bits per heavy atom. The van der Waals surface area contributed by atoms with Crippen LogP contribution in [0, 0.1) is 0 Å². The zero-order valence-corrected chi connectivity index (χ0v) is 11.5. The molecule has 0 heterocycles. The minimum absolute atomic E-state index is 0.108. The van der Waals surface area contributed by atoms with Gasteiger partial charge < -0.3 is 5.11 Å². The molecule has 0 amide bonds. The molecule has 0 saturated heterocycles. The van der Waals surface area contributed by atoms with E-state index in [1.807, 2.05) is 0 Å². The Labute approximate surface area is 104 Å². The molecule has 0 saturated carbocycles. The van der Waals surface area contributed by atoms with Crippen LogP contribution in [0.2, 0.25) is 0 Å². The van der Waals surface area contributed by atoms with Crippen LogP contribution in [0.3, 0.4) is 0 Å². The number of rotatable bonds is 2. The fourth-order valence-electron chi connectivity index (χ4n) is 1.21. The van der Waals surface area contributed by atoms with Crippen LogP contribution in [0.4, 0.5) is 0 Å². The fraction of sp³-hybridized carbons (Fsp3) is 0.143. The molecule has 0 aliphatic rings. The van der Waals surface area contributed by atoms with Crippen LogP contribution >= 0.6 is 0 Å². The van der Waals surface area contributed by atoms with Crippen molar-refractivity contribution in [3.63, 3.8) is 0 Å². The van der Waals surface area contributed by atoms with Gasteiger partial charge in [0.25, 0.3) is 0 Å². The number of hydrogen-bond donors (Lipinski definition) is 1. The summed E-state index contributed by atoms with van der Waals surface area (Å²) in [5.41, 5.74) is 0. The van der Waals surface area contributed by atoms with Crippen LogP contribution in [0.25, 0.3) is 0 Å². The van der Waals surface area contributed by atoms with Gasteiger partial charge in [-0.05, 0) is 6.92 Å². The van der Waals surface area contributed by atoms with Crippen molar-refractivity contribution in [2.75, 3.05) is 6.61 Å². The van der Waals surface area contributed by atoms with Crippen molar-refractivity contribution in [3.8, 4) is 0 Å². The molecule has 0 atom stereocenters. The first-order chi connectivity index (χ1) is 7.86. The number of benzene rings is 2. The maximum atomic E-state index is 7.57. The average molecular weight is 276 g/mol. The van der Waals surface area contributed by atoms with E-state index in [0.29, 0.717) is 0 Å². The van der Waals surface area contributed by atoms with Crippen LogP contribution in [-0.4, -0.2) is 27.5 Å². The average Bonchev–Trinajstić information content (AvgIpc) is 2.33. The van der Waals surface area contributed by atoms with E-state index in [0.717, 1.165) is 0 Å². The van der Waals surface area contributed by atoms with E-state index in [9.17, 15) is 0 Å². The molecule has 16 heavy (non-hydrogen) atoms. The zero-order chi connectivity index (χ0) is 11.6. The van der Waals surface area contributed by atoms with Crippen LogP contribution in [-0.2, 0) is 0 Å². The summed E-state index contributed by atoms with van der Waals surface area (Å²) in [5.74, 6) is 0. The summed E-state index contributed by atoms with van der Waals surface area (Å²) in [6, 6.07) is 21.5. The standard InChI is InChI=1S/C12H11As.C2H6O/c1-3-7-11(8-4-1)13-12-9-5-2-6-10-12;1-2-3/h1-10,13H;3H,2H2,1H3. The van der Waals surface area contributed by atoms with E-state index >= 15 is 0 Å². The van der Waals surface area contributed by atoms with Crippen molar-refractivity contribution in [2.24, 2.45) is 0 Å². The number of aliphatic hydroxyl groups is 1. The number of aliphatic hydroxyl groups excluding tert-OH is 1. The van der Waals surface area contributed by atoms with Gasteiger partial charge >= 0.3 is 85.1 Å². The summed E-state index contributed by atoms with van der Waals surface area (Å²) >= 11 is -0.108. The third-order valence-corrected chi connectivity index (χ3v) is 4.45. The first-order valence-corrected chi connectivity index (χ1v) is 7.44. The zero-order valence-electron chi connectivity index (χ0n) is 9.43. The van der Waals surface area contributed by atoms with Crippen LogP contribution < -0.4 is 8.70 Å². The molecule has 1 nitrogen and oxygen atoms in total. The Hall–Kier alpha value is -1.04. The molecule has 1 N–H and O–H groups in total. The van der Waals surface area contributed by atoms with Crippen molar-refractivity contribution in [1.82, 2.24) is 0 Å². The molecule has 0 aliphatic heterocycles. The SMILES string of the molecule is CCO.c1ccc([AsH]c2ccccc2)cc1. The molecule has 0 spiro atoms. The van der Waals surface area contributed by atoms with Crippen molar-refractivity contribution in [2.45, 2.75) is 6.92 Å². The van der Waals surface area contributed by atoms with Gasteiger partial charge in [-0.25, -0.2) is 0 Å². The van der Waals surface area contributed by atoms with Gasteiger partial charge in [0.15, 0.2) is 0 Å². The topological polar surface area (TPSA) is 20.2 Å². The molecule has 0 bridgehead atoms. The molecule has 0 fully saturated rings. The van der Waals surface area contributed by atoms with E-state index in [-0.39, 0.29) is 22.4 Å². The fourth-order valence-corrected chi connectivity index (χ4v) is 3.42. The molecule has 0 aliphatic carbocycles. The molecule has 2 aromatic rings. The van der Waals surface area contributed by atoms with Gasteiger partial charge in [0, 0.05) is 6.61 Å². The monoisotopic (exact) mass is 276 g/mol. The van der Waals surface area contributed by atoms with Crippen molar-refractivity contribution >= 4 is 24.5 Å². The predicted octanol–water partition coefficient (Wildman–Crippen LogP) is 1.07. The first-order valence-electron chi connectivity index (χ1n) is 5.34. The van der Waals surface area contributed by atoms with Gasteiger partial charge in [0.2, 0.25) is 0 Å². The third-order valence-electron chi connectivity index (χ3n) is 1.84. The molecule has 0 radical (unpaired) electrons. The van der Waals surface area contributed by atoms with E-state index in [2.05, 4.69) is 60.7 Å². The molecule has 2 aromatic carbocycles. The maximum absolute atomic E-state index is 7.57. The van der Waals surface area contributed by atoms with Gasteiger partial charge in [0.05, 0.1) is 0 Å². The molecule has 2 rings (SSSR count). The van der Waals surface area contributed by atoms with Gasteiger partial charge in [-0.15, -0.1) is 0 Å². The Morgan fingerprint density at radius 2 is 1.12 bits per heavy atom. The second-order valence-electron chi connectivity index (χ2n) is 3.17. The summed E-state index contributed by atoms with van der Waals surface area (Å²) in [7, 11) is 0. The summed E-state index contributed by atoms with van der Waals surface area (Å²) < 4.78 is 2.99. The Kier molecular flexibility index (Phi) is 6.63. The second kappa shape index (κ2) is 8.15. The summed E-state index contributed by atoms with van der Waals surface area (Å²) in [4.78, 5) is 0. The molecular weight excluding hydrogens is 259 g/mol. The van der Waals surface area contributed by atoms with Crippen LogP contribution in [0.15, 0.2) is 60.7 Å². The summed E-state index contributed by atoms with van der Waals surface area (Å²) in [6.07, 6.45) is 0. The van der Waals surface area contributed by atoms with Gasteiger partial charge in [0.1, 0.15) is 0 Å². The van der Waals surface area contributed by atoms with E-state index in [4.69, 9.17) is 5.11 Å². The summed E-state index contributed by atoms with van der Waals surface area (Å²) in [6.45, 7) is 1.93. The Balaban J connectivity index is 0.000000386. The van der Waals surface area contributed by atoms with Gasteiger partial charge in [-0.3, -0.25) is 0 Å². The predicted molar refractivity (Wildman–Crippen MR) is 72.1 cm³/mol. The van der Waals surface area contributed by atoms with Crippen molar-refractivity contribution < 1.29 is 5.11 Å². The molecule has 84 valence electrons. The third kappa shape index (κ3) is 5.16. The Bertz CT molecular complexity index is 335.